The Kier molecular flexibility index (Phi) is 2.71. The summed E-state index contributed by atoms with van der Waals surface area (Å²) in [6.45, 7) is 5.83. The van der Waals surface area contributed by atoms with Gasteiger partial charge < -0.3 is 0 Å². The minimum atomic E-state index is -3.59. The normalized spacial score (nSPS) is 31.9. The van der Waals surface area contributed by atoms with E-state index < -0.39 is 15.4 Å². The monoisotopic (exact) mass is 296 g/mol. The summed E-state index contributed by atoms with van der Waals surface area (Å²) < 4.78 is 26.2. The van der Waals surface area contributed by atoms with Crippen LogP contribution in [0.4, 0.5) is 0 Å². The molecule has 6 heteroatoms. The van der Waals surface area contributed by atoms with Crippen LogP contribution in [0.3, 0.4) is 0 Å². The molecule has 2 bridgehead atoms. The molecule has 0 amide bonds. The summed E-state index contributed by atoms with van der Waals surface area (Å²) in [6, 6.07) is 1.66. The van der Waals surface area contributed by atoms with Gasteiger partial charge in [0.2, 0.25) is 0 Å². The summed E-state index contributed by atoms with van der Waals surface area (Å²) >= 11 is 0. The summed E-state index contributed by atoms with van der Waals surface area (Å²) in [5, 5.41) is 3.99. The van der Waals surface area contributed by atoms with Gasteiger partial charge in [-0.2, -0.15) is 9.19 Å². The summed E-state index contributed by atoms with van der Waals surface area (Å²) in [5.74, 6) is 0.319. The second-order valence-corrected chi connectivity index (χ2v) is 8.58. The summed E-state index contributed by atoms with van der Waals surface area (Å²) in [5.41, 5.74) is -0.303. The van der Waals surface area contributed by atoms with Crippen LogP contribution >= 0.6 is 0 Å². The SMILES string of the molecule is Cc1ccn(S(=O)(=O)C[C@]23CC[C@H](CC2=O)C3(C)C)n1. The van der Waals surface area contributed by atoms with E-state index in [0.29, 0.717) is 24.5 Å². The van der Waals surface area contributed by atoms with Crippen molar-refractivity contribution >= 4 is 15.8 Å². The fraction of sp³-hybridized carbons (Fsp3) is 0.714. The molecule has 0 unspecified atom stereocenters. The molecule has 0 radical (unpaired) electrons. The van der Waals surface area contributed by atoms with Crippen LogP contribution in [0.25, 0.3) is 0 Å². The van der Waals surface area contributed by atoms with Crippen LogP contribution in [0.1, 0.15) is 38.8 Å². The van der Waals surface area contributed by atoms with Gasteiger partial charge in [0.1, 0.15) is 5.78 Å². The maximum atomic E-state index is 12.6. The van der Waals surface area contributed by atoms with Crippen molar-refractivity contribution in [3.05, 3.63) is 18.0 Å². The number of hydrogen-bond donors (Lipinski definition) is 0. The first-order valence-electron chi connectivity index (χ1n) is 6.98. The van der Waals surface area contributed by atoms with E-state index in [1.807, 2.05) is 13.8 Å². The van der Waals surface area contributed by atoms with Gasteiger partial charge in [0.15, 0.2) is 0 Å². The van der Waals surface area contributed by atoms with E-state index in [4.69, 9.17) is 0 Å². The Labute approximate surface area is 119 Å². The third-order valence-corrected chi connectivity index (χ3v) is 7.18. The Balaban J connectivity index is 2.00. The van der Waals surface area contributed by atoms with Gasteiger partial charge in [-0.25, -0.2) is 8.42 Å². The molecule has 0 aromatic carbocycles. The third kappa shape index (κ3) is 1.63. The van der Waals surface area contributed by atoms with Crippen molar-refractivity contribution in [3.63, 3.8) is 0 Å². The molecule has 5 nitrogen and oxygen atoms in total. The Morgan fingerprint density at radius 3 is 2.60 bits per heavy atom. The van der Waals surface area contributed by atoms with Crippen molar-refractivity contribution < 1.29 is 13.2 Å². The van der Waals surface area contributed by atoms with Gasteiger partial charge in [-0.3, -0.25) is 4.79 Å². The minimum Gasteiger partial charge on any atom is -0.299 e. The number of aryl methyl sites for hydroxylation is 1. The van der Waals surface area contributed by atoms with E-state index in [9.17, 15) is 13.2 Å². The van der Waals surface area contributed by atoms with Crippen molar-refractivity contribution in [1.29, 1.82) is 0 Å². The van der Waals surface area contributed by atoms with Crippen molar-refractivity contribution in [3.8, 4) is 0 Å². The standard InChI is InChI=1S/C14H20N2O3S/c1-10-5-7-16(15-10)20(18,19)9-14-6-4-11(8-12(14)17)13(14,2)3/h5,7,11H,4,6,8-9H2,1-3H3/t11-,14-/m1/s1. The van der Waals surface area contributed by atoms with Crippen LogP contribution in [0, 0.1) is 23.7 Å². The maximum Gasteiger partial charge on any atom is 0.254 e. The Bertz CT molecular complexity index is 674. The molecule has 2 aliphatic rings. The number of Topliss-reactive ketones (excluding diaryl/α,β-unsaturated/α-hetero) is 1. The van der Waals surface area contributed by atoms with E-state index in [1.165, 1.54) is 6.20 Å². The van der Waals surface area contributed by atoms with E-state index in [2.05, 4.69) is 5.10 Å². The van der Waals surface area contributed by atoms with Crippen molar-refractivity contribution in [1.82, 2.24) is 9.19 Å². The Hall–Kier alpha value is -1.17. The van der Waals surface area contributed by atoms with E-state index >= 15 is 0 Å². The zero-order valence-corrected chi connectivity index (χ0v) is 12.9. The quantitative estimate of drug-likeness (QED) is 0.852. The highest BCUT2D eigenvalue weighted by Gasteiger charge is 2.65. The molecule has 0 N–H and O–H groups in total. The fourth-order valence-corrected chi connectivity index (χ4v) is 5.97. The smallest absolute Gasteiger partial charge is 0.254 e. The average Bonchev–Trinajstić information content (AvgIpc) is 2.91. The number of ketones is 1. The zero-order valence-electron chi connectivity index (χ0n) is 12.1. The predicted molar refractivity (Wildman–Crippen MR) is 74.7 cm³/mol. The summed E-state index contributed by atoms with van der Waals surface area (Å²) in [6.07, 6.45) is 3.62. The van der Waals surface area contributed by atoms with Crippen LogP contribution in [0.5, 0.6) is 0 Å². The van der Waals surface area contributed by atoms with Crippen molar-refractivity contribution in [2.45, 2.75) is 40.0 Å². The lowest BCUT2D eigenvalue weighted by Gasteiger charge is -2.35. The number of rotatable bonds is 3. The highest BCUT2D eigenvalue weighted by molar-refractivity contribution is 7.89. The first-order chi connectivity index (χ1) is 9.19. The average molecular weight is 296 g/mol. The molecule has 0 saturated heterocycles. The predicted octanol–water partition coefficient (Wildman–Crippen LogP) is 1.76. The molecule has 2 atom stereocenters. The second-order valence-electron chi connectivity index (χ2n) is 6.75. The molecule has 0 aliphatic heterocycles. The largest absolute Gasteiger partial charge is 0.299 e. The van der Waals surface area contributed by atoms with Gasteiger partial charge in [-0.05, 0) is 37.2 Å². The van der Waals surface area contributed by atoms with Crippen LogP contribution in [-0.4, -0.2) is 29.1 Å². The van der Waals surface area contributed by atoms with Crippen LogP contribution in [-0.2, 0) is 14.8 Å². The summed E-state index contributed by atoms with van der Waals surface area (Å²) in [4.78, 5) is 12.4. The number of aromatic nitrogens is 2. The highest BCUT2D eigenvalue weighted by atomic mass is 32.2. The van der Waals surface area contributed by atoms with Gasteiger partial charge in [0.25, 0.3) is 10.0 Å². The molecule has 1 aromatic rings. The number of nitrogens with zero attached hydrogens (tertiary/aromatic N) is 2. The number of carbonyl (C=O) groups excluding carboxylic acids is 1. The molecule has 110 valence electrons. The molecule has 0 spiro atoms. The second kappa shape index (κ2) is 3.93. The molecular formula is C14H20N2O3S. The van der Waals surface area contributed by atoms with Crippen LogP contribution in [0.15, 0.2) is 12.3 Å². The molecule has 1 aromatic heterocycles. The topological polar surface area (TPSA) is 69.0 Å². The Morgan fingerprint density at radius 2 is 2.15 bits per heavy atom. The Morgan fingerprint density at radius 1 is 1.45 bits per heavy atom. The van der Waals surface area contributed by atoms with Crippen LogP contribution < -0.4 is 0 Å². The lowest BCUT2D eigenvalue weighted by atomic mass is 9.70. The van der Waals surface area contributed by atoms with Gasteiger partial charge in [0, 0.05) is 12.6 Å². The number of fused-ring (bicyclic) bond motifs is 2. The van der Waals surface area contributed by atoms with Gasteiger partial charge in [-0.1, -0.05) is 13.8 Å². The van der Waals surface area contributed by atoms with Crippen molar-refractivity contribution in [2.75, 3.05) is 5.75 Å². The molecule has 2 saturated carbocycles. The lowest BCUT2D eigenvalue weighted by Crippen LogP contribution is -2.43. The van der Waals surface area contributed by atoms with Gasteiger partial charge in [0.05, 0.1) is 16.9 Å². The van der Waals surface area contributed by atoms with E-state index in [-0.39, 0.29) is 17.0 Å². The van der Waals surface area contributed by atoms with E-state index in [1.54, 1.807) is 13.0 Å². The third-order valence-electron chi connectivity index (χ3n) is 5.55. The number of hydrogen-bond acceptors (Lipinski definition) is 4. The molecule has 20 heavy (non-hydrogen) atoms. The molecule has 2 aliphatic carbocycles. The fourth-order valence-electron chi connectivity index (χ4n) is 4.03. The summed E-state index contributed by atoms with van der Waals surface area (Å²) in [7, 11) is -3.59. The molecular weight excluding hydrogens is 276 g/mol. The zero-order chi connectivity index (χ0) is 14.8. The van der Waals surface area contributed by atoms with Crippen LogP contribution in [0.2, 0.25) is 0 Å². The highest BCUT2D eigenvalue weighted by Crippen LogP contribution is 2.64. The van der Waals surface area contributed by atoms with Crippen molar-refractivity contribution in [2.24, 2.45) is 16.7 Å². The van der Waals surface area contributed by atoms with Gasteiger partial charge in [-0.15, -0.1) is 0 Å². The first-order valence-corrected chi connectivity index (χ1v) is 8.59. The minimum absolute atomic E-state index is 0.117. The lowest BCUT2D eigenvalue weighted by molar-refractivity contribution is -0.128. The van der Waals surface area contributed by atoms with E-state index in [0.717, 1.165) is 10.5 Å². The molecule has 3 rings (SSSR count). The maximum absolute atomic E-state index is 12.6. The van der Waals surface area contributed by atoms with Gasteiger partial charge >= 0.3 is 0 Å². The molecule has 1 heterocycles. The molecule has 2 fully saturated rings. The number of carbonyl (C=O) groups is 1. The first kappa shape index (κ1) is 13.8.